The highest BCUT2D eigenvalue weighted by molar-refractivity contribution is 9.10. The molecule has 3 rings (SSSR count). The highest BCUT2D eigenvalue weighted by atomic mass is 79.9. The number of hydrogen-bond acceptors (Lipinski definition) is 3. The summed E-state index contributed by atoms with van der Waals surface area (Å²) in [4.78, 5) is 37.6. The Balaban J connectivity index is 2.43. The summed E-state index contributed by atoms with van der Waals surface area (Å²) in [6.45, 7) is 2.00. The van der Waals surface area contributed by atoms with Crippen molar-refractivity contribution in [3.63, 3.8) is 0 Å². The highest BCUT2D eigenvalue weighted by Crippen LogP contribution is 2.38. The van der Waals surface area contributed by atoms with Crippen LogP contribution in [0.1, 0.15) is 37.3 Å². The Morgan fingerprint density at radius 3 is 2.86 bits per heavy atom. The molecule has 2 atom stereocenters. The molecule has 1 aromatic heterocycles. The van der Waals surface area contributed by atoms with E-state index in [1.807, 2.05) is 13.0 Å². The number of H-pyrrole nitrogens is 1. The van der Waals surface area contributed by atoms with E-state index in [1.165, 1.54) is 4.57 Å². The summed E-state index contributed by atoms with van der Waals surface area (Å²) in [7, 11) is 0. The molecule has 1 aromatic carbocycles. The van der Waals surface area contributed by atoms with Crippen LogP contribution in [-0.4, -0.2) is 20.6 Å². The van der Waals surface area contributed by atoms with Gasteiger partial charge in [0.15, 0.2) is 0 Å². The Morgan fingerprint density at radius 2 is 2.19 bits per heavy atom. The number of carboxylic acids is 1. The van der Waals surface area contributed by atoms with E-state index in [2.05, 4.69) is 20.9 Å². The van der Waals surface area contributed by atoms with Crippen LogP contribution >= 0.6 is 15.9 Å². The molecule has 0 saturated carbocycles. The maximum Gasteiger partial charge on any atom is 0.317 e. The molecule has 0 fully saturated rings. The summed E-state index contributed by atoms with van der Waals surface area (Å²) in [6, 6.07) is 3.15. The third-order valence-corrected chi connectivity index (χ3v) is 4.40. The number of carboxylic acid groups (broad SMARTS) is 1. The molecule has 6 nitrogen and oxygen atoms in total. The van der Waals surface area contributed by atoms with Crippen LogP contribution in [-0.2, 0) is 4.79 Å². The van der Waals surface area contributed by atoms with Crippen LogP contribution in [0.25, 0.3) is 11.0 Å². The van der Waals surface area contributed by atoms with Gasteiger partial charge in [-0.05, 0) is 30.0 Å². The summed E-state index contributed by atoms with van der Waals surface area (Å²) in [5.41, 5.74) is 0.703. The second kappa shape index (κ2) is 4.84. The lowest BCUT2D eigenvalue weighted by Gasteiger charge is -2.30. The average molecular weight is 353 g/mol. The lowest BCUT2D eigenvalue weighted by molar-refractivity contribution is -0.138. The third kappa shape index (κ3) is 2.21. The number of halogens is 1. The van der Waals surface area contributed by atoms with Gasteiger partial charge in [0.2, 0.25) is 0 Å². The number of nitrogens with one attached hydrogen (secondary N) is 1. The largest absolute Gasteiger partial charge is 0.481 e. The van der Waals surface area contributed by atoms with Crippen molar-refractivity contribution < 1.29 is 9.90 Å². The maximum atomic E-state index is 12.2. The number of aromatic nitrogens is 2. The number of hydrogen-bond donors (Lipinski definition) is 2. The van der Waals surface area contributed by atoms with Crippen LogP contribution in [0.5, 0.6) is 0 Å². The van der Waals surface area contributed by atoms with Crippen molar-refractivity contribution in [2.45, 2.75) is 31.7 Å². The van der Waals surface area contributed by atoms with Crippen molar-refractivity contribution in [1.82, 2.24) is 9.55 Å². The summed E-state index contributed by atoms with van der Waals surface area (Å²) in [6.07, 6.45) is 0.354. The normalized spacial score (nSPS) is 20.7. The van der Waals surface area contributed by atoms with Crippen LogP contribution in [0.3, 0.4) is 0 Å². The number of benzene rings is 1. The number of aliphatic carboxylic acids is 1. The Hall–Kier alpha value is -1.89. The molecule has 1 aliphatic heterocycles. The SMILES string of the molecule is CC1CC(CC(=O)O)n2c(=O)c(=O)[nH]c3cc(Br)cc1c32. The Labute approximate surface area is 127 Å². The third-order valence-electron chi connectivity index (χ3n) is 3.94. The number of rotatable bonds is 2. The first kappa shape index (κ1) is 14.1. The summed E-state index contributed by atoms with van der Waals surface area (Å²) < 4.78 is 2.17. The van der Waals surface area contributed by atoms with Gasteiger partial charge in [0.1, 0.15) is 0 Å². The van der Waals surface area contributed by atoms with Crippen LogP contribution in [0.15, 0.2) is 26.2 Å². The molecule has 7 heteroatoms. The van der Waals surface area contributed by atoms with Crippen LogP contribution in [0.4, 0.5) is 0 Å². The molecule has 0 amide bonds. The fourth-order valence-electron chi connectivity index (χ4n) is 3.11. The van der Waals surface area contributed by atoms with Crippen molar-refractivity contribution in [2.75, 3.05) is 0 Å². The van der Waals surface area contributed by atoms with E-state index in [0.29, 0.717) is 17.5 Å². The predicted octanol–water partition coefficient (Wildman–Crippen LogP) is 1.98. The topological polar surface area (TPSA) is 92.2 Å². The molecular weight excluding hydrogens is 340 g/mol. The van der Waals surface area contributed by atoms with Crippen LogP contribution in [0, 0.1) is 0 Å². The second-order valence-electron chi connectivity index (χ2n) is 5.41. The van der Waals surface area contributed by atoms with E-state index in [0.717, 1.165) is 10.0 Å². The molecule has 21 heavy (non-hydrogen) atoms. The smallest absolute Gasteiger partial charge is 0.317 e. The zero-order valence-corrected chi connectivity index (χ0v) is 12.8. The zero-order chi connectivity index (χ0) is 15.3. The zero-order valence-electron chi connectivity index (χ0n) is 11.2. The summed E-state index contributed by atoms with van der Waals surface area (Å²) in [5.74, 6) is -0.868. The van der Waals surface area contributed by atoms with E-state index in [4.69, 9.17) is 5.11 Å². The first-order valence-corrected chi connectivity index (χ1v) is 7.37. The molecule has 0 saturated heterocycles. The molecular formula is C14H13BrN2O4. The number of aromatic amines is 1. The first-order chi connectivity index (χ1) is 9.88. The minimum Gasteiger partial charge on any atom is -0.481 e. The van der Waals surface area contributed by atoms with Gasteiger partial charge in [0.05, 0.1) is 17.5 Å². The van der Waals surface area contributed by atoms with Gasteiger partial charge >= 0.3 is 17.1 Å². The van der Waals surface area contributed by atoms with Gasteiger partial charge in [0, 0.05) is 10.5 Å². The van der Waals surface area contributed by atoms with E-state index in [-0.39, 0.29) is 12.3 Å². The van der Waals surface area contributed by atoms with Crippen molar-refractivity contribution in [3.05, 3.63) is 42.9 Å². The Morgan fingerprint density at radius 1 is 1.48 bits per heavy atom. The summed E-state index contributed by atoms with van der Waals surface area (Å²) >= 11 is 3.40. The quantitative estimate of drug-likeness (QED) is 0.808. The van der Waals surface area contributed by atoms with Gasteiger partial charge < -0.3 is 10.1 Å². The number of carbonyl (C=O) groups is 1. The van der Waals surface area contributed by atoms with Crippen LogP contribution < -0.4 is 11.1 Å². The van der Waals surface area contributed by atoms with E-state index in [1.54, 1.807) is 6.07 Å². The Bertz CT molecular complexity index is 868. The molecule has 110 valence electrons. The molecule has 0 spiro atoms. The van der Waals surface area contributed by atoms with E-state index < -0.39 is 23.1 Å². The van der Waals surface area contributed by atoms with E-state index >= 15 is 0 Å². The first-order valence-electron chi connectivity index (χ1n) is 6.58. The van der Waals surface area contributed by atoms with Gasteiger partial charge in [0.25, 0.3) is 0 Å². The molecule has 1 aliphatic rings. The molecule has 2 aromatic rings. The van der Waals surface area contributed by atoms with Crippen molar-refractivity contribution in [3.8, 4) is 0 Å². The van der Waals surface area contributed by atoms with Gasteiger partial charge in [-0.2, -0.15) is 0 Å². The van der Waals surface area contributed by atoms with Gasteiger partial charge in [-0.15, -0.1) is 0 Å². The predicted molar refractivity (Wildman–Crippen MR) is 80.9 cm³/mol. The lowest BCUT2D eigenvalue weighted by Crippen LogP contribution is -2.41. The Kier molecular flexibility index (Phi) is 3.24. The average Bonchev–Trinajstić information content (AvgIpc) is 2.37. The standard InChI is InChI=1S/C14H13BrN2O4/c1-6-2-8(5-11(18)19)17-12-9(6)3-7(15)4-10(12)16-13(20)14(17)21/h3-4,6,8H,2,5H2,1H3,(H,16,20)(H,18,19). The fourth-order valence-corrected chi connectivity index (χ4v) is 3.59. The molecule has 0 radical (unpaired) electrons. The maximum absolute atomic E-state index is 12.2. The second-order valence-corrected chi connectivity index (χ2v) is 6.32. The van der Waals surface area contributed by atoms with Gasteiger partial charge in [-0.25, -0.2) is 0 Å². The minimum atomic E-state index is -0.979. The minimum absolute atomic E-state index is 0.111. The van der Waals surface area contributed by atoms with Gasteiger partial charge in [-0.3, -0.25) is 19.0 Å². The fraction of sp³-hybridized carbons (Fsp3) is 0.357. The molecule has 0 aliphatic carbocycles. The monoisotopic (exact) mass is 352 g/mol. The van der Waals surface area contributed by atoms with Crippen molar-refractivity contribution in [2.24, 2.45) is 0 Å². The molecule has 2 unspecified atom stereocenters. The lowest BCUT2D eigenvalue weighted by atomic mass is 9.87. The van der Waals surface area contributed by atoms with E-state index in [9.17, 15) is 14.4 Å². The molecule has 2 N–H and O–H groups in total. The highest BCUT2D eigenvalue weighted by Gasteiger charge is 2.30. The summed E-state index contributed by atoms with van der Waals surface area (Å²) in [5, 5.41) is 9.05. The van der Waals surface area contributed by atoms with Crippen LogP contribution in [0.2, 0.25) is 0 Å². The van der Waals surface area contributed by atoms with Crippen molar-refractivity contribution in [1.29, 1.82) is 0 Å². The molecule has 2 heterocycles. The molecule has 0 bridgehead atoms. The number of nitrogens with zero attached hydrogens (tertiary/aromatic N) is 1. The van der Waals surface area contributed by atoms with Gasteiger partial charge in [-0.1, -0.05) is 22.9 Å². The van der Waals surface area contributed by atoms with Crippen molar-refractivity contribution >= 4 is 32.9 Å².